The molecule has 0 aromatic carbocycles. The van der Waals surface area contributed by atoms with Crippen LogP contribution in [0.2, 0.25) is 0 Å². The Morgan fingerprint density at radius 1 is 1.47 bits per heavy atom. The van der Waals surface area contributed by atoms with Crippen molar-refractivity contribution in [3.8, 4) is 0 Å². The van der Waals surface area contributed by atoms with Crippen molar-refractivity contribution in [3.63, 3.8) is 0 Å². The molecule has 3 unspecified atom stereocenters. The minimum absolute atomic E-state index is 0.340. The fraction of sp³-hybridized carbons (Fsp3) is 0.846. The van der Waals surface area contributed by atoms with E-state index in [1.165, 1.54) is 12.8 Å². The molecule has 0 aliphatic heterocycles. The molecule has 1 aromatic heterocycles. The van der Waals surface area contributed by atoms with Gasteiger partial charge < -0.3 is 5.73 Å². The lowest BCUT2D eigenvalue weighted by atomic mass is 9.72. The largest absolute Gasteiger partial charge is 0.327 e. The Kier molecular flexibility index (Phi) is 3.82. The average Bonchev–Trinajstić information content (AvgIpc) is 2.67. The summed E-state index contributed by atoms with van der Waals surface area (Å²) in [5.74, 6) is 2.18. The molecule has 4 nitrogen and oxygen atoms in total. The number of hydrogen-bond donors (Lipinski definition) is 1. The van der Waals surface area contributed by atoms with Gasteiger partial charge in [0.1, 0.15) is 0 Å². The minimum atomic E-state index is 0.340. The highest BCUT2D eigenvalue weighted by molar-refractivity contribution is 4.97. The van der Waals surface area contributed by atoms with Crippen LogP contribution in [0.15, 0.2) is 6.20 Å². The fourth-order valence-corrected chi connectivity index (χ4v) is 2.92. The van der Waals surface area contributed by atoms with Crippen LogP contribution in [0, 0.1) is 17.8 Å². The predicted octanol–water partition coefficient (Wildman–Crippen LogP) is 1.76. The van der Waals surface area contributed by atoms with Crippen molar-refractivity contribution in [3.05, 3.63) is 11.9 Å². The van der Waals surface area contributed by atoms with Gasteiger partial charge in [0.25, 0.3) is 0 Å². The second-order valence-corrected chi connectivity index (χ2v) is 5.83. The van der Waals surface area contributed by atoms with Crippen LogP contribution in [-0.4, -0.2) is 21.0 Å². The Morgan fingerprint density at radius 3 is 2.82 bits per heavy atom. The van der Waals surface area contributed by atoms with E-state index >= 15 is 0 Å². The molecule has 0 amide bonds. The van der Waals surface area contributed by atoms with E-state index in [4.69, 9.17) is 5.73 Å². The van der Waals surface area contributed by atoms with E-state index in [9.17, 15) is 0 Å². The molecule has 0 radical (unpaired) electrons. The summed E-state index contributed by atoms with van der Waals surface area (Å²) in [6, 6.07) is 0.340. The van der Waals surface area contributed by atoms with E-state index in [1.807, 2.05) is 13.2 Å². The monoisotopic (exact) mass is 236 g/mol. The van der Waals surface area contributed by atoms with Gasteiger partial charge in [-0.25, -0.2) is 0 Å². The molecule has 96 valence electrons. The van der Waals surface area contributed by atoms with Gasteiger partial charge in [0.05, 0.1) is 5.69 Å². The highest BCUT2D eigenvalue weighted by Gasteiger charge is 2.30. The van der Waals surface area contributed by atoms with E-state index in [2.05, 4.69) is 24.2 Å². The van der Waals surface area contributed by atoms with E-state index < -0.39 is 0 Å². The molecule has 2 N–H and O–H groups in total. The van der Waals surface area contributed by atoms with Crippen LogP contribution < -0.4 is 5.73 Å². The first-order valence-corrected chi connectivity index (χ1v) is 6.67. The van der Waals surface area contributed by atoms with E-state index in [0.29, 0.717) is 12.0 Å². The van der Waals surface area contributed by atoms with Crippen molar-refractivity contribution in [2.24, 2.45) is 30.5 Å². The highest BCUT2D eigenvalue weighted by atomic mass is 15.4. The Morgan fingerprint density at radius 2 is 2.24 bits per heavy atom. The van der Waals surface area contributed by atoms with Crippen molar-refractivity contribution < 1.29 is 0 Å². The van der Waals surface area contributed by atoms with Crippen LogP contribution in [-0.2, 0) is 13.5 Å². The third-order valence-corrected chi connectivity index (χ3v) is 4.15. The number of aromatic nitrogens is 3. The average molecular weight is 236 g/mol. The highest BCUT2D eigenvalue weighted by Crippen LogP contribution is 2.34. The lowest BCUT2D eigenvalue weighted by Crippen LogP contribution is -2.38. The summed E-state index contributed by atoms with van der Waals surface area (Å²) in [4.78, 5) is 0. The zero-order chi connectivity index (χ0) is 12.4. The lowest BCUT2D eigenvalue weighted by Gasteiger charge is -2.35. The molecule has 3 atom stereocenters. The second kappa shape index (κ2) is 5.17. The summed E-state index contributed by atoms with van der Waals surface area (Å²) in [6.45, 7) is 4.64. The first-order chi connectivity index (χ1) is 8.06. The third kappa shape index (κ3) is 3.06. The van der Waals surface area contributed by atoms with Crippen LogP contribution in [0.4, 0.5) is 0 Å². The fourth-order valence-electron chi connectivity index (χ4n) is 2.92. The molecular weight excluding hydrogens is 212 g/mol. The molecular formula is C13H24N4. The molecule has 1 fully saturated rings. The first-order valence-electron chi connectivity index (χ1n) is 6.67. The van der Waals surface area contributed by atoms with Gasteiger partial charge in [-0.05, 0) is 43.4 Å². The molecule has 17 heavy (non-hydrogen) atoms. The lowest BCUT2D eigenvalue weighted by molar-refractivity contribution is 0.188. The van der Waals surface area contributed by atoms with Crippen molar-refractivity contribution in [2.75, 3.05) is 0 Å². The Bertz CT molecular complexity index is 358. The minimum Gasteiger partial charge on any atom is -0.327 e. The summed E-state index contributed by atoms with van der Waals surface area (Å²) in [5, 5.41) is 8.16. The quantitative estimate of drug-likeness (QED) is 0.870. The summed E-state index contributed by atoms with van der Waals surface area (Å²) < 4.78 is 1.77. The van der Waals surface area contributed by atoms with Gasteiger partial charge in [-0.3, -0.25) is 4.68 Å². The SMILES string of the molecule is CC(C)C1CCC(N)C(Cc2cn(C)nn2)C1. The van der Waals surface area contributed by atoms with E-state index in [1.54, 1.807) is 4.68 Å². The van der Waals surface area contributed by atoms with Gasteiger partial charge in [0.2, 0.25) is 0 Å². The van der Waals surface area contributed by atoms with E-state index in [0.717, 1.165) is 30.4 Å². The molecule has 2 rings (SSSR count). The summed E-state index contributed by atoms with van der Waals surface area (Å²) >= 11 is 0. The summed E-state index contributed by atoms with van der Waals surface area (Å²) in [5.41, 5.74) is 7.32. The standard InChI is InChI=1S/C13H24N4/c1-9(2)10-4-5-13(14)11(6-10)7-12-8-17(3)16-15-12/h8-11,13H,4-7,14H2,1-3H3. The topological polar surface area (TPSA) is 56.7 Å². The molecule has 1 heterocycles. The molecule has 1 aliphatic carbocycles. The zero-order valence-electron chi connectivity index (χ0n) is 11.1. The van der Waals surface area contributed by atoms with Gasteiger partial charge in [-0.2, -0.15) is 0 Å². The van der Waals surface area contributed by atoms with Crippen molar-refractivity contribution in [1.82, 2.24) is 15.0 Å². The molecule has 0 bridgehead atoms. The molecule has 1 saturated carbocycles. The number of nitrogens with two attached hydrogens (primary N) is 1. The first kappa shape index (κ1) is 12.6. The van der Waals surface area contributed by atoms with Gasteiger partial charge in [-0.15, -0.1) is 5.10 Å². The zero-order valence-corrected chi connectivity index (χ0v) is 11.1. The Balaban J connectivity index is 1.98. The predicted molar refractivity (Wildman–Crippen MR) is 68.4 cm³/mol. The second-order valence-electron chi connectivity index (χ2n) is 5.83. The molecule has 1 aliphatic rings. The van der Waals surface area contributed by atoms with Crippen LogP contribution in [0.1, 0.15) is 38.8 Å². The Hall–Kier alpha value is -0.900. The van der Waals surface area contributed by atoms with Crippen LogP contribution >= 0.6 is 0 Å². The van der Waals surface area contributed by atoms with Gasteiger partial charge >= 0.3 is 0 Å². The summed E-state index contributed by atoms with van der Waals surface area (Å²) in [6.07, 6.45) is 6.68. The molecule has 4 heteroatoms. The Labute approximate surface area is 104 Å². The van der Waals surface area contributed by atoms with Gasteiger partial charge in [-0.1, -0.05) is 19.1 Å². The number of hydrogen-bond acceptors (Lipinski definition) is 3. The van der Waals surface area contributed by atoms with Crippen LogP contribution in [0.3, 0.4) is 0 Å². The maximum absolute atomic E-state index is 6.24. The maximum Gasteiger partial charge on any atom is 0.0830 e. The number of aryl methyl sites for hydroxylation is 1. The number of rotatable bonds is 3. The van der Waals surface area contributed by atoms with Crippen molar-refractivity contribution in [2.45, 2.75) is 45.6 Å². The van der Waals surface area contributed by atoms with Crippen molar-refractivity contribution >= 4 is 0 Å². The molecule has 1 aromatic rings. The van der Waals surface area contributed by atoms with Gasteiger partial charge in [0.15, 0.2) is 0 Å². The smallest absolute Gasteiger partial charge is 0.0830 e. The van der Waals surface area contributed by atoms with Crippen molar-refractivity contribution in [1.29, 1.82) is 0 Å². The normalized spacial score (nSPS) is 29.8. The van der Waals surface area contributed by atoms with Crippen LogP contribution in [0.5, 0.6) is 0 Å². The summed E-state index contributed by atoms with van der Waals surface area (Å²) in [7, 11) is 1.91. The maximum atomic E-state index is 6.24. The molecule has 0 saturated heterocycles. The number of nitrogens with zero attached hydrogens (tertiary/aromatic N) is 3. The molecule has 0 spiro atoms. The van der Waals surface area contributed by atoms with Gasteiger partial charge in [0, 0.05) is 19.3 Å². The third-order valence-electron chi connectivity index (χ3n) is 4.15. The van der Waals surface area contributed by atoms with Crippen LogP contribution in [0.25, 0.3) is 0 Å². The van der Waals surface area contributed by atoms with E-state index in [-0.39, 0.29) is 0 Å².